The second-order valence-corrected chi connectivity index (χ2v) is 20.7. The van der Waals surface area contributed by atoms with Crippen LogP contribution in [0.5, 0.6) is 11.5 Å². The van der Waals surface area contributed by atoms with Gasteiger partial charge in [0, 0.05) is 6.07 Å². The molecule has 1 aromatic carbocycles. The van der Waals surface area contributed by atoms with Gasteiger partial charge in [0.25, 0.3) is 0 Å². The standard InChI is InChI=1S/C62H114O3/c1-4-7-10-13-16-18-20-22-24-25-26-27-28-29-30-31-32-33-34-35-37-38-40-42-44-46-49-52-58-55-59(63)57-60(56-58)65-62(54-51-48-15-12-9-6-3)61(64)53-50-47-45-43-41-39-36-23-21-19-17-14-11-8-5-2/h5,22,24,55-57,61-64H,2,4,6-21,23,25-54H2,1,3H3/b24-22-. The lowest BCUT2D eigenvalue weighted by atomic mass is 9.99. The highest BCUT2D eigenvalue weighted by atomic mass is 16.5. The van der Waals surface area contributed by atoms with E-state index in [-0.39, 0.29) is 11.9 Å². The molecule has 380 valence electrons. The Bertz CT molecular complexity index is 1130. The average Bonchev–Trinajstić information content (AvgIpc) is 3.30. The van der Waals surface area contributed by atoms with Crippen LogP contribution in [-0.2, 0) is 6.42 Å². The van der Waals surface area contributed by atoms with Crippen LogP contribution < -0.4 is 4.74 Å². The molecule has 2 N–H and O–H groups in total. The third-order valence-electron chi connectivity index (χ3n) is 14.1. The zero-order valence-electron chi connectivity index (χ0n) is 44.1. The van der Waals surface area contributed by atoms with Gasteiger partial charge in [0.2, 0.25) is 0 Å². The van der Waals surface area contributed by atoms with Crippen molar-refractivity contribution in [3.05, 3.63) is 48.6 Å². The lowest BCUT2D eigenvalue weighted by Crippen LogP contribution is -2.32. The number of hydrogen-bond acceptors (Lipinski definition) is 3. The smallest absolute Gasteiger partial charge is 0.124 e. The predicted octanol–water partition coefficient (Wildman–Crippen LogP) is 21.2. The highest BCUT2D eigenvalue weighted by Gasteiger charge is 2.21. The quantitative estimate of drug-likeness (QED) is 0.0506. The first kappa shape index (κ1) is 61.3. The first-order chi connectivity index (χ1) is 32.1. The summed E-state index contributed by atoms with van der Waals surface area (Å²) >= 11 is 0. The summed E-state index contributed by atoms with van der Waals surface area (Å²) in [5, 5.41) is 22.0. The van der Waals surface area contributed by atoms with Crippen LogP contribution in [0.15, 0.2) is 43.0 Å². The molecule has 1 aromatic rings. The number of unbranched alkanes of at least 4 members (excludes halogenated alkanes) is 41. The molecule has 0 aliphatic heterocycles. The summed E-state index contributed by atoms with van der Waals surface area (Å²) in [4.78, 5) is 0. The molecule has 3 nitrogen and oxygen atoms in total. The van der Waals surface area contributed by atoms with E-state index in [2.05, 4.69) is 38.6 Å². The molecule has 0 radical (unpaired) electrons. The molecule has 2 unspecified atom stereocenters. The molecule has 0 aliphatic rings. The van der Waals surface area contributed by atoms with Crippen LogP contribution in [-0.4, -0.2) is 22.4 Å². The van der Waals surface area contributed by atoms with Gasteiger partial charge in [-0.1, -0.05) is 270 Å². The molecule has 65 heavy (non-hydrogen) atoms. The molecular weight excluding hydrogens is 793 g/mol. The topological polar surface area (TPSA) is 49.7 Å². The van der Waals surface area contributed by atoms with Gasteiger partial charge in [-0.05, 0) is 88.3 Å². The van der Waals surface area contributed by atoms with Crippen molar-refractivity contribution in [1.82, 2.24) is 0 Å². The van der Waals surface area contributed by atoms with Crippen molar-refractivity contribution in [3.8, 4) is 11.5 Å². The van der Waals surface area contributed by atoms with E-state index in [4.69, 9.17) is 4.74 Å². The van der Waals surface area contributed by atoms with Gasteiger partial charge in [-0.3, -0.25) is 0 Å². The number of aromatic hydroxyl groups is 1. The van der Waals surface area contributed by atoms with Crippen LogP contribution in [0.25, 0.3) is 0 Å². The molecule has 2 atom stereocenters. The number of benzene rings is 1. The van der Waals surface area contributed by atoms with E-state index in [0.717, 1.165) is 49.8 Å². The zero-order valence-corrected chi connectivity index (χ0v) is 44.1. The maximum absolute atomic E-state index is 11.4. The molecule has 0 amide bonds. The van der Waals surface area contributed by atoms with E-state index in [9.17, 15) is 10.2 Å². The number of hydrogen-bond donors (Lipinski definition) is 2. The molecule has 0 aromatic heterocycles. The minimum atomic E-state index is -0.458. The fourth-order valence-electron chi connectivity index (χ4n) is 9.78. The number of phenols is 1. The predicted molar refractivity (Wildman–Crippen MR) is 290 cm³/mol. The molecule has 0 aliphatic carbocycles. The van der Waals surface area contributed by atoms with Crippen LogP contribution in [0.2, 0.25) is 0 Å². The zero-order chi connectivity index (χ0) is 46.8. The Kier molecular flexibility index (Phi) is 47.3. The number of aryl methyl sites for hydroxylation is 1. The SMILES string of the molecule is C=CCCCCCCCCCCCCCCCC(O)C(CCCCCCCC)Oc1cc(O)cc(CCCCCCCCCCCCCCCCCCC/C=C\CCCCCCCC)c1. The van der Waals surface area contributed by atoms with E-state index < -0.39 is 6.10 Å². The second-order valence-electron chi connectivity index (χ2n) is 20.7. The van der Waals surface area contributed by atoms with Gasteiger partial charge in [-0.25, -0.2) is 0 Å². The average molecular weight is 908 g/mol. The number of rotatable bonds is 53. The summed E-state index contributed by atoms with van der Waals surface area (Å²) in [6.45, 7) is 8.38. The Morgan fingerprint density at radius 3 is 1.15 bits per heavy atom. The van der Waals surface area contributed by atoms with E-state index in [1.807, 2.05) is 12.1 Å². The van der Waals surface area contributed by atoms with Gasteiger partial charge in [-0.15, -0.1) is 6.58 Å². The Morgan fingerprint density at radius 2 is 0.754 bits per heavy atom. The molecule has 1 rings (SSSR count). The molecule has 0 heterocycles. The molecule has 0 saturated carbocycles. The molecule has 0 fully saturated rings. The molecule has 3 heteroatoms. The van der Waals surface area contributed by atoms with Gasteiger partial charge in [-0.2, -0.15) is 0 Å². The fourth-order valence-corrected chi connectivity index (χ4v) is 9.78. The first-order valence-electron chi connectivity index (χ1n) is 29.5. The lowest BCUT2D eigenvalue weighted by molar-refractivity contribution is 0.0229. The summed E-state index contributed by atoms with van der Waals surface area (Å²) in [5.41, 5.74) is 1.16. The third-order valence-corrected chi connectivity index (χ3v) is 14.1. The number of ether oxygens (including phenoxy) is 1. The Hall–Kier alpha value is -1.74. The molecular formula is C62H114O3. The van der Waals surface area contributed by atoms with Gasteiger partial charge in [0.05, 0.1) is 6.10 Å². The highest BCUT2D eigenvalue weighted by molar-refractivity contribution is 5.37. The maximum Gasteiger partial charge on any atom is 0.124 e. The Balaban J connectivity index is 2.16. The van der Waals surface area contributed by atoms with E-state index in [1.165, 1.54) is 270 Å². The molecule has 0 spiro atoms. The Labute approximate surface area is 407 Å². The summed E-state index contributed by atoms with van der Waals surface area (Å²) in [6.07, 6.45) is 69.2. The van der Waals surface area contributed by atoms with E-state index in [1.54, 1.807) is 6.07 Å². The molecule has 0 saturated heterocycles. The van der Waals surface area contributed by atoms with Gasteiger partial charge in [0.1, 0.15) is 17.6 Å². The van der Waals surface area contributed by atoms with Gasteiger partial charge < -0.3 is 14.9 Å². The number of phenolic OH excluding ortho intramolecular Hbond substituents is 1. The van der Waals surface area contributed by atoms with Crippen molar-refractivity contribution in [2.75, 3.05) is 0 Å². The van der Waals surface area contributed by atoms with Crippen molar-refractivity contribution in [2.45, 2.75) is 334 Å². The number of allylic oxidation sites excluding steroid dienone is 3. The summed E-state index contributed by atoms with van der Waals surface area (Å²) in [5.74, 6) is 1.01. The number of aliphatic hydroxyl groups excluding tert-OH is 1. The third kappa shape index (κ3) is 43.3. The second kappa shape index (κ2) is 50.1. The maximum atomic E-state index is 11.4. The summed E-state index contributed by atoms with van der Waals surface area (Å²) in [6, 6.07) is 5.80. The van der Waals surface area contributed by atoms with Crippen molar-refractivity contribution in [2.24, 2.45) is 0 Å². The molecule has 0 bridgehead atoms. The van der Waals surface area contributed by atoms with Crippen molar-refractivity contribution in [1.29, 1.82) is 0 Å². The van der Waals surface area contributed by atoms with E-state index in [0.29, 0.717) is 0 Å². The van der Waals surface area contributed by atoms with Crippen LogP contribution in [0.4, 0.5) is 0 Å². The van der Waals surface area contributed by atoms with Crippen molar-refractivity contribution < 1.29 is 14.9 Å². The first-order valence-corrected chi connectivity index (χ1v) is 29.5. The normalized spacial score (nSPS) is 12.7. The summed E-state index contributed by atoms with van der Waals surface area (Å²) < 4.78 is 6.55. The minimum Gasteiger partial charge on any atom is -0.508 e. The van der Waals surface area contributed by atoms with E-state index >= 15 is 0 Å². The highest BCUT2D eigenvalue weighted by Crippen LogP contribution is 2.27. The van der Waals surface area contributed by atoms with Gasteiger partial charge >= 0.3 is 0 Å². The van der Waals surface area contributed by atoms with Crippen molar-refractivity contribution in [3.63, 3.8) is 0 Å². The number of aliphatic hydroxyl groups is 1. The largest absolute Gasteiger partial charge is 0.508 e. The Morgan fingerprint density at radius 1 is 0.415 bits per heavy atom. The van der Waals surface area contributed by atoms with Crippen LogP contribution in [0, 0.1) is 0 Å². The van der Waals surface area contributed by atoms with Crippen LogP contribution in [0.1, 0.15) is 321 Å². The van der Waals surface area contributed by atoms with Gasteiger partial charge in [0.15, 0.2) is 0 Å². The van der Waals surface area contributed by atoms with Crippen molar-refractivity contribution >= 4 is 0 Å². The van der Waals surface area contributed by atoms with Crippen LogP contribution >= 0.6 is 0 Å². The lowest BCUT2D eigenvalue weighted by Gasteiger charge is -2.25. The van der Waals surface area contributed by atoms with Crippen LogP contribution in [0.3, 0.4) is 0 Å². The minimum absolute atomic E-state index is 0.209. The summed E-state index contributed by atoms with van der Waals surface area (Å²) in [7, 11) is 0. The fraction of sp³-hybridized carbons (Fsp3) is 0.839. The monoisotopic (exact) mass is 907 g/mol.